The quantitative estimate of drug-likeness (QED) is 0.805. The van der Waals surface area contributed by atoms with Crippen LogP contribution in [0.4, 0.5) is 4.79 Å². The maximum absolute atomic E-state index is 12.1. The smallest absolute Gasteiger partial charge is 0.317 e. The Bertz CT molecular complexity index is 346. The first kappa shape index (κ1) is 15.8. The predicted octanol–water partition coefficient (Wildman–Crippen LogP) is 2.32. The van der Waals surface area contributed by atoms with Crippen LogP contribution < -0.4 is 5.32 Å². The fourth-order valence-electron chi connectivity index (χ4n) is 2.44. The fourth-order valence-corrected chi connectivity index (χ4v) is 2.44. The summed E-state index contributed by atoms with van der Waals surface area (Å²) >= 11 is 0. The van der Waals surface area contributed by atoms with Crippen LogP contribution in [-0.4, -0.2) is 41.1 Å². The van der Waals surface area contributed by atoms with Crippen LogP contribution in [0.5, 0.6) is 0 Å². The lowest BCUT2D eigenvalue weighted by molar-refractivity contribution is -0.146. The molecule has 0 aromatic heterocycles. The molecule has 0 aliphatic carbocycles. The zero-order valence-corrected chi connectivity index (χ0v) is 12.4. The van der Waals surface area contributed by atoms with Crippen molar-refractivity contribution in [2.45, 2.75) is 53.0 Å². The molecule has 3 atom stereocenters. The van der Waals surface area contributed by atoms with E-state index >= 15 is 0 Å². The van der Waals surface area contributed by atoms with E-state index in [1.165, 1.54) is 0 Å². The molecule has 3 unspecified atom stereocenters. The van der Waals surface area contributed by atoms with Gasteiger partial charge in [0, 0.05) is 19.1 Å². The molecule has 1 aliphatic heterocycles. The Kier molecular flexibility index (Phi) is 5.20. The zero-order chi connectivity index (χ0) is 14.6. The first-order valence-electron chi connectivity index (χ1n) is 7.07. The minimum atomic E-state index is -0.824. The van der Waals surface area contributed by atoms with Gasteiger partial charge in [0.2, 0.25) is 0 Å². The summed E-state index contributed by atoms with van der Waals surface area (Å²) in [4.78, 5) is 24.8. The summed E-state index contributed by atoms with van der Waals surface area (Å²) in [6, 6.07) is -0.0140. The van der Waals surface area contributed by atoms with E-state index in [1.807, 2.05) is 6.92 Å². The van der Waals surface area contributed by atoms with E-state index in [0.29, 0.717) is 25.4 Å². The van der Waals surface area contributed by atoms with Gasteiger partial charge in [0.15, 0.2) is 0 Å². The molecule has 0 spiro atoms. The molecule has 1 saturated heterocycles. The molecule has 1 rings (SSSR count). The van der Waals surface area contributed by atoms with Crippen molar-refractivity contribution >= 4 is 12.0 Å². The number of amides is 2. The van der Waals surface area contributed by atoms with E-state index in [2.05, 4.69) is 19.2 Å². The van der Waals surface area contributed by atoms with Gasteiger partial charge in [-0.2, -0.15) is 0 Å². The van der Waals surface area contributed by atoms with Gasteiger partial charge in [-0.05, 0) is 32.6 Å². The van der Waals surface area contributed by atoms with Crippen molar-refractivity contribution < 1.29 is 14.7 Å². The normalized spacial score (nSPS) is 26.0. The zero-order valence-electron chi connectivity index (χ0n) is 12.4. The van der Waals surface area contributed by atoms with Gasteiger partial charge in [-0.1, -0.05) is 20.3 Å². The third-order valence-corrected chi connectivity index (χ3v) is 4.10. The Balaban J connectivity index is 2.45. The highest BCUT2D eigenvalue weighted by Crippen LogP contribution is 2.30. The second kappa shape index (κ2) is 6.26. The van der Waals surface area contributed by atoms with Crippen molar-refractivity contribution in [2.75, 3.05) is 13.1 Å². The molecule has 5 nitrogen and oxygen atoms in total. The minimum Gasteiger partial charge on any atom is -0.481 e. The largest absolute Gasteiger partial charge is 0.481 e. The average molecular weight is 270 g/mol. The summed E-state index contributed by atoms with van der Waals surface area (Å²) < 4.78 is 0. The SMILES string of the molecule is CCC(C)CC(C)NC(=O)N1CCC(C)(C(=O)O)C1. The van der Waals surface area contributed by atoms with Gasteiger partial charge in [-0.25, -0.2) is 4.79 Å². The van der Waals surface area contributed by atoms with Gasteiger partial charge in [0.1, 0.15) is 0 Å². The molecular weight excluding hydrogens is 244 g/mol. The second-order valence-electron chi connectivity index (χ2n) is 6.14. The number of carbonyl (C=O) groups excluding carboxylic acids is 1. The molecule has 0 bridgehead atoms. The Labute approximate surface area is 115 Å². The van der Waals surface area contributed by atoms with Gasteiger partial charge in [-0.3, -0.25) is 4.79 Å². The molecule has 0 saturated carbocycles. The van der Waals surface area contributed by atoms with Crippen molar-refractivity contribution in [3.63, 3.8) is 0 Å². The Hall–Kier alpha value is -1.26. The molecule has 19 heavy (non-hydrogen) atoms. The Morgan fingerprint density at radius 3 is 2.53 bits per heavy atom. The molecule has 0 aromatic carbocycles. The summed E-state index contributed by atoms with van der Waals surface area (Å²) in [6.07, 6.45) is 2.57. The number of aliphatic carboxylic acids is 1. The van der Waals surface area contributed by atoms with Crippen LogP contribution in [0.1, 0.15) is 47.0 Å². The van der Waals surface area contributed by atoms with Gasteiger partial charge in [0.05, 0.1) is 5.41 Å². The van der Waals surface area contributed by atoms with Crippen LogP contribution in [0.2, 0.25) is 0 Å². The van der Waals surface area contributed by atoms with Gasteiger partial charge < -0.3 is 15.3 Å². The number of carbonyl (C=O) groups is 2. The highest BCUT2D eigenvalue weighted by atomic mass is 16.4. The van der Waals surface area contributed by atoms with Crippen molar-refractivity contribution in [2.24, 2.45) is 11.3 Å². The lowest BCUT2D eigenvalue weighted by atomic mass is 9.90. The van der Waals surface area contributed by atoms with E-state index < -0.39 is 11.4 Å². The molecule has 1 fully saturated rings. The number of likely N-dealkylation sites (tertiary alicyclic amines) is 1. The number of urea groups is 1. The van der Waals surface area contributed by atoms with E-state index in [1.54, 1.807) is 11.8 Å². The van der Waals surface area contributed by atoms with Crippen LogP contribution in [0.15, 0.2) is 0 Å². The summed E-state index contributed by atoms with van der Waals surface area (Å²) in [5, 5.41) is 12.1. The topological polar surface area (TPSA) is 69.6 Å². The summed E-state index contributed by atoms with van der Waals surface area (Å²) in [5.41, 5.74) is -0.794. The molecule has 5 heteroatoms. The maximum Gasteiger partial charge on any atom is 0.317 e. The number of carboxylic acid groups (broad SMARTS) is 1. The third kappa shape index (κ3) is 4.11. The lowest BCUT2D eigenvalue weighted by Gasteiger charge is -2.24. The van der Waals surface area contributed by atoms with Gasteiger partial charge in [0.25, 0.3) is 0 Å². The fraction of sp³-hybridized carbons (Fsp3) is 0.857. The van der Waals surface area contributed by atoms with Crippen LogP contribution in [0.25, 0.3) is 0 Å². The van der Waals surface area contributed by atoms with Crippen molar-refractivity contribution in [1.82, 2.24) is 10.2 Å². The molecule has 2 N–H and O–H groups in total. The highest BCUT2D eigenvalue weighted by molar-refractivity contribution is 5.79. The highest BCUT2D eigenvalue weighted by Gasteiger charge is 2.42. The number of carboxylic acids is 1. The third-order valence-electron chi connectivity index (χ3n) is 4.10. The number of hydrogen-bond acceptors (Lipinski definition) is 2. The summed E-state index contributed by atoms with van der Waals surface area (Å²) in [7, 11) is 0. The number of nitrogens with zero attached hydrogens (tertiary/aromatic N) is 1. The van der Waals surface area contributed by atoms with E-state index in [9.17, 15) is 9.59 Å². The minimum absolute atomic E-state index is 0.124. The Morgan fingerprint density at radius 1 is 1.42 bits per heavy atom. The van der Waals surface area contributed by atoms with Crippen molar-refractivity contribution in [3.8, 4) is 0 Å². The molecule has 0 radical (unpaired) electrons. The molecule has 0 aromatic rings. The average Bonchev–Trinajstić information content (AvgIpc) is 2.73. The van der Waals surface area contributed by atoms with E-state index in [0.717, 1.165) is 12.8 Å². The van der Waals surface area contributed by atoms with Crippen LogP contribution in [0.3, 0.4) is 0 Å². The van der Waals surface area contributed by atoms with E-state index in [4.69, 9.17) is 5.11 Å². The summed E-state index contributed by atoms with van der Waals surface area (Å²) in [6.45, 7) is 8.81. The van der Waals surface area contributed by atoms with Crippen LogP contribution in [-0.2, 0) is 4.79 Å². The Morgan fingerprint density at radius 2 is 2.05 bits per heavy atom. The van der Waals surface area contributed by atoms with Crippen molar-refractivity contribution in [1.29, 1.82) is 0 Å². The number of hydrogen-bond donors (Lipinski definition) is 2. The molecule has 110 valence electrons. The molecule has 2 amide bonds. The number of rotatable bonds is 5. The monoisotopic (exact) mass is 270 g/mol. The van der Waals surface area contributed by atoms with E-state index in [-0.39, 0.29) is 12.1 Å². The predicted molar refractivity (Wildman–Crippen MR) is 74.0 cm³/mol. The molecule has 1 heterocycles. The summed E-state index contributed by atoms with van der Waals surface area (Å²) in [5.74, 6) is -0.242. The first-order chi connectivity index (χ1) is 8.78. The van der Waals surface area contributed by atoms with Gasteiger partial charge in [-0.15, -0.1) is 0 Å². The standard InChI is InChI=1S/C14H26N2O3/c1-5-10(2)8-11(3)15-13(19)16-7-6-14(4,9-16)12(17)18/h10-11H,5-9H2,1-4H3,(H,15,19)(H,17,18). The molecular formula is C14H26N2O3. The van der Waals surface area contributed by atoms with Gasteiger partial charge >= 0.3 is 12.0 Å². The van der Waals surface area contributed by atoms with Crippen molar-refractivity contribution in [3.05, 3.63) is 0 Å². The van der Waals surface area contributed by atoms with Crippen LogP contribution >= 0.6 is 0 Å². The first-order valence-corrected chi connectivity index (χ1v) is 7.07. The molecule has 1 aliphatic rings. The number of nitrogens with one attached hydrogen (secondary N) is 1. The lowest BCUT2D eigenvalue weighted by Crippen LogP contribution is -2.44. The maximum atomic E-state index is 12.1. The second-order valence-corrected chi connectivity index (χ2v) is 6.14. The van der Waals surface area contributed by atoms with Crippen LogP contribution in [0, 0.1) is 11.3 Å².